The molecule has 2 aromatic rings. The summed E-state index contributed by atoms with van der Waals surface area (Å²) < 4.78 is 5.23. The first-order valence-corrected chi connectivity index (χ1v) is 10.1. The van der Waals surface area contributed by atoms with Gasteiger partial charge in [0, 0.05) is 36.7 Å². The van der Waals surface area contributed by atoms with Gasteiger partial charge in [0.1, 0.15) is 5.75 Å². The molecule has 6 nitrogen and oxygen atoms in total. The first-order chi connectivity index (χ1) is 14.5. The molecule has 154 valence electrons. The number of allylic oxidation sites excluding steroid dienone is 1. The predicted molar refractivity (Wildman–Crippen MR) is 114 cm³/mol. The fourth-order valence-corrected chi connectivity index (χ4v) is 4.14. The Hall–Kier alpha value is -3.41. The highest BCUT2D eigenvalue weighted by Gasteiger charge is 2.33. The molecule has 1 atom stereocenters. The van der Waals surface area contributed by atoms with E-state index in [0.717, 1.165) is 16.8 Å². The van der Waals surface area contributed by atoms with Crippen molar-refractivity contribution < 1.29 is 19.1 Å². The van der Waals surface area contributed by atoms with E-state index in [9.17, 15) is 14.4 Å². The monoisotopic (exact) mass is 404 g/mol. The Morgan fingerprint density at radius 3 is 2.67 bits per heavy atom. The van der Waals surface area contributed by atoms with Gasteiger partial charge in [0.05, 0.1) is 19.6 Å². The van der Waals surface area contributed by atoms with Crippen LogP contribution in [0.25, 0.3) is 5.57 Å². The molecule has 4 rings (SSSR count). The highest BCUT2D eigenvalue weighted by molar-refractivity contribution is 6.10. The molecule has 0 radical (unpaired) electrons. The standard InChI is InChI=1S/C24H24N2O4/c1-30-19-9-5-8-18(13-19)26-15-17(12-24(26)29)25-23(28)14-21-20(10-11-22(21)27)16-6-3-2-4-7-16/h2-9,13,17H,10-12,14-15H2,1H3,(H,25,28). The molecule has 1 saturated heterocycles. The lowest BCUT2D eigenvalue weighted by atomic mass is 10.00. The largest absolute Gasteiger partial charge is 0.497 e. The Balaban J connectivity index is 1.43. The minimum Gasteiger partial charge on any atom is -0.497 e. The second-order valence-electron chi connectivity index (χ2n) is 7.60. The van der Waals surface area contributed by atoms with Crippen LogP contribution in [0.15, 0.2) is 60.2 Å². The second-order valence-corrected chi connectivity index (χ2v) is 7.60. The molecule has 1 unspecified atom stereocenters. The van der Waals surface area contributed by atoms with E-state index in [1.54, 1.807) is 18.1 Å². The van der Waals surface area contributed by atoms with Crippen LogP contribution in [0, 0.1) is 0 Å². The number of anilines is 1. The Kier molecular flexibility index (Phi) is 5.65. The number of ketones is 1. The summed E-state index contributed by atoms with van der Waals surface area (Å²) in [7, 11) is 1.58. The van der Waals surface area contributed by atoms with Crippen LogP contribution in [0.4, 0.5) is 5.69 Å². The molecule has 1 N–H and O–H groups in total. The Morgan fingerprint density at radius 2 is 1.90 bits per heavy atom. The molecule has 1 heterocycles. The summed E-state index contributed by atoms with van der Waals surface area (Å²) in [6, 6.07) is 16.7. The average molecular weight is 404 g/mol. The smallest absolute Gasteiger partial charge is 0.229 e. The number of nitrogens with one attached hydrogen (secondary N) is 1. The van der Waals surface area contributed by atoms with E-state index < -0.39 is 0 Å². The van der Waals surface area contributed by atoms with Crippen LogP contribution in [0.1, 0.15) is 31.2 Å². The first-order valence-electron chi connectivity index (χ1n) is 10.1. The summed E-state index contributed by atoms with van der Waals surface area (Å²) in [6.07, 6.45) is 1.39. The molecule has 0 saturated carbocycles. The van der Waals surface area contributed by atoms with E-state index in [4.69, 9.17) is 4.74 Å². The van der Waals surface area contributed by atoms with Gasteiger partial charge < -0.3 is 15.0 Å². The minimum absolute atomic E-state index is 0.0320. The van der Waals surface area contributed by atoms with Gasteiger partial charge in [-0.1, -0.05) is 36.4 Å². The van der Waals surface area contributed by atoms with E-state index in [0.29, 0.717) is 30.7 Å². The number of benzene rings is 2. The molecule has 2 aliphatic rings. The second kappa shape index (κ2) is 8.53. The molecule has 1 fully saturated rings. The van der Waals surface area contributed by atoms with Gasteiger partial charge in [-0.15, -0.1) is 0 Å². The Morgan fingerprint density at radius 1 is 1.10 bits per heavy atom. The third-order valence-corrected chi connectivity index (χ3v) is 5.62. The van der Waals surface area contributed by atoms with Crippen LogP contribution in [0.3, 0.4) is 0 Å². The Bertz CT molecular complexity index is 1010. The van der Waals surface area contributed by atoms with Crippen molar-refractivity contribution in [3.05, 3.63) is 65.7 Å². The van der Waals surface area contributed by atoms with Gasteiger partial charge in [0.2, 0.25) is 11.8 Å². The zero-order chi connectivity index (χ0) is 21.1. The fraction of sp³-hybridized carbons (Fsp3) is 0.292. The van der Waals surface area contributed by atoms with E-state index in [2.05, 4.69) is 5.32 Å². The van der Waals surface area contributed by atoms with Gasteiger partial charge in [-0.3, -0.25) is 14.4 Å². The SMILES string of the molecule is COc1cccc(N2CC(NC(=O)CC3=C(c4ccccc4)CCC3=O)CC2=O)c1. The van der Waals surface area contributed by atoms with Crippen LogP contribution in [-0.2, 0) is 14.4 Å². The quantitative estimate of drug-likeness (QED) is 0.803. The lowest BCUT2D eigenvalue weighted by Gasteiger charge is -2.18. The number of methoxy groups -OCH3 is 1. The van der Waals surface area contributed by atoms with Crippen molar-refractivity contribution in [2.24, 2.45) is 0 Å². The number of amides is 2. The van der Waals surface area contributed by atoms with Crippen molar-refractivity contribution in [3.63, 3.8) is 0 Å². The third-order valence-electron chi connectivity index (χ3n) is 5.62. The summed E-state index contributed by atoms with van der Waals surface area (Å²) >= 11 is 0. The molecule has 30 heavy (non-hydrogen) atoms. The molecule has 2 amide bonds. The number of hydrogen-bond donors (Lipinski definition) is 1. The maximum atomic E-state index is 12.7. The van der Waals surface area contributed by atoms with Crippen molar-refractivity contribution >= 4 is 28.9 Å². The van der Waals surface area contributed by atoms with E-state index in [1.807, 2.05) is 48.5 Å². The highest BCUT2D eigenvalue weighted by atomic mass is 16.5. The predicted octanol–water partition coefficient (Wildman–Crippen LogP) is 3.12. The normalized spacial score (nSPS) is 18.8. The zero-order valence-electron chi connectivity index (χ0n) is 16.9. The first kappa shape index (κ1) is 19.9. The summed E-state index contributed by atoms with van der Waals surface area (Å²) in [5, 5.41) is 2.94. The van der Waals surface area contributed by atoms with Gasteiger partial charge in [-0.2, -0.15) is 0 Å². The molecule has 0 spiro atoms. The van der Waals surface area contributed by atoms with Crippen molar-refractivity contribution in [1.82, 2.24) is 5.32 Å². The van der Waals surface area contributed by atoms with Gasteiger partial charge in [-0.05, 0) is 29.7 Å². The average Bonchev–Trinajstić information content (AvgIpc) is 3.31. The van der Waals surface area contributed by atoms with Crippen LogP contribution in [-0.4, -0.2) is 37.3 Å². The van der Waals surface area contributed by atoms with E-state index in [-0.39, 0.29) is 36.5 Å². The van der Waals surface area contributed by atoms with Crippen LogP contribution < -0.4 is 15.0 Å². The molecular weight excluding hydrogens is 380 g/mol. The van der Waals surface area contributed by atoms with Crippen molar-refractivity contribution in [1.29, 1.82) is 0 Å². The summed E-state index contributed by atoms with van der Waals surface area (Å²) in [6.45, 7) is 0.399. The van der Waals surface area contributed by atoms with Crippen molar-refractivity contribution in [2.75, 3.05) is 18.6 Å². The number of nitrogens with zero attached hydrogens (tertiary/aromatic N) is 1. The zero-order valence-corrected chi connectivity index (χ0v) is 16.9. The van der Waals surface area contributed by atoms with Crippen LogP contribution in [0.5, 0.6) is 5.75 Å². The number of rotatable bonds is 6. The molecular formula is C24H24N2O4. The Labute approximate surface area is 175 Å². The number of ether oxygens (including phenoxy) is 1. The number of hydrogen-bond acceptors (Lipinski definition) is 4. The fourth-order valence-electron chi connectivity index (χ4n) is 4.14. The highest BCUT2D eigenvalue weighted by Crippen LogP contribution is 2.33. The number of carbonyl (C=O) groups is 3. The maximum Gasteiger partial charge on any atom is 0.229 e. The lowest BCUT2D eigenvalue weighted by Crippen LogP contribution is -2.37. The molecule has 1 aliphatic carbocycles. The maximum absolute atomic E-state index is 12.7. The molecule has 0 bridgehead atoms. The van der Waals surface area contributed by atoms with Gasteiger partial charge >= 0.3 is 0 Å². The van der Waals surface area contributed by atoms with Crippen LogP contribution >= 0.6 is 0 Å². The van der Waals surface area contributed by atoms with Crippen molar-refractivity contribution in [2.45, 2.75) is 31.7 Å². The van der Waals surface area contributed by atoms with Crippen LogP contribution in [0.2, 0.25) is 0 Å². The molecule has 1 aliphatic heterocycles. The summed E-state index contributed by atoms with van der Waals surface area (Å²) in [5.41, 5.74) is 3.28. The lowest BCUT2D eigenvalue weighted by molar-refractivity contribution is -0.123. The molecule has 2 aromatic carbocycles. The third kappa shape index (κ3) is 4.13. The summed E-state index contributed by atoms with van der Waals surface area (Å²) in [5.74, 6) is 0.436. The topological polar surface area (TPSA) is 75.7 Å². The van der Waals surface area contributed by atoms with E-state index >= 15 is 0 Å². The molecule has 6 heteroatoms. The van der Waals surface area contributed by atoms with Gasteiger partial charge in [0.15, 0.2) is 5.78 Å². The minimum atomic E-state index is -0.284. The number of Topliss-reactive ketones (excluding diaryl/α,β-unsaturated/α-hetero) is 1. The van der Waals surface area contributed by atoms with Gasteiger partial charge in [0.25, 0.3) is 0 Å². The number of carbonyl (C=O) groups excluding carboxylic acids is 3. The molecule has 0 aromatic heterocycles. The summed E-state index contributed by atoms with van der Waals surface area (Å²) in [4.78, 5) is 39.2. The van der Waals surface area contributed by atoms with Crippen molar-refractivity contribution in [3.8, 4) is 5.75 Å². The van der Waals surface area contributed by atoms with E-state index in [1.165, 1.54) is 0 Å². The van der Waals surface area contributed by atoms with Gasteiger partial charge in [-0.25, -0.2) is 0 Å².